The van der Waals surface area contributed by atoms with E-state index in [9.17, 15) is 0 Å². The van der Waals surface area contributed by atoms with Gasteiger partial charge < -0.3 is 5.32 Å². The minimum atomic E-state index is 0.646. The van der Waals surface area contributed by atoms with E-state index in [0.29, 0.717) is 5.88 Å². The molecule has 1 nitrogen and oxygen atoms in total. The van der Waals surface area contributed by atoms with Crippen molar-refractivity contribution in [1.82, 2.24) is 0 Å². The quantitative estimate of drug-likeness (QED) is 0.711. The van der Waals surface area contributed by atoms with Gasteiger partial charge in [0.1, 0.15) is 0 Å². The monoisotopic (exact) mass is 183 g/mol. The number of rotatable bonds is 3. The molecule has 0 aliphatic heterocycles. The summed E-state index contributed by atoms with van der Waals surface area (Å²) >= 11 is 5.58. The van der Waals surface area contributed by atoms with Gasteiger partial charge in [-0.25, -0.2) is 0 Å². The second-order valence-electron chi connectivity index (χ2n) is 2.86. The summed E-state index contributed by atoms with van der Waals surface area (Å²) in [6.07, 6.45) is 0. The SMILES string of the molecule is Cc1cccc(NCCCl)c1C. The van der Waals surface area contributed by atoms with Crippen molar-refractivity contribution in [2.24, 2.45) is 0 Å². The Morgan fingerprint density at radius 3 is 2.75 bits per heavy atom. The van der Waals surface area contributed by atoms with Gasteiger partial charge in [-0.05, 0) is 31.0 Å². The van der Waals surface area contributed by atoms with Crippen LogP contribution in [-0.4, -0.2) is 12.4 Å². The summed E-state index contributed by atoms with van der Waals surface area (Å²) in [6.45, 7) is 5.05. The van der Waals surface area contributed by atoms with Crippen LogP contribution in [0.4, 0.5) is 5.69 Å². The van der Waals surface area contributed by atoms with Crippen molar-refractivity contribution in [3.05, 3.63) is 29.3 Å². The molecule has 0 amide bonds. The third kappa shape index (κ3) is 2.15. The number of benzene rings is 1. The van der Waals surface area contributed by atoms with E-state index < -0.39 is 0 Å². The molecule has 1 N–H and O–H groups in total. The highest BCUT2D eigenvalue weighted by Crippen LogP contribution is 2.17. The third-order valence-corrected chi connectivity index (χ3v) is 2.20. The van der Waals surface area contributed by atoms with Crippen molar-refractivity contribution in [3.63, 3.8) is 0 Å². The summed E-state index contributed by atoms with van der Waals surface area (Å²) in [7, 11) is 0. The van der Waals surface area contributed by atoms with Crippen LogP contribution in [0.2, 0.25) is 0 Å². The summed E-state index contributed by atoms with van der Waals surface area (Å²) in [5, 5.41) is 3.27. The van der Waals surface area contributed by atoms with E-state index in [1.165, 1.54) is 16.8 Å². The van der Waals surface area contributed by atoms with Gasteiger partial charge in [0.05, 0.1) is 0 Å². The Hall–Kier alpha value is -0.690. The van der Waals surface area contributed by atoms with Gasteiger partial charge in [-0.15, -0.1) is 11.6 Å². The molecule has 1 aromatic rings. The van der Waals surface area contributed by atoms with Gasteiger partial charge in [0.25, 0.3) is 0 Å². The van der Waals surface area contributed by atoms with Crippen LogP contribution < -0.4 is 5.32 Å². The van der Waals surface area contributed by atoms with Gasteiger partial charge in [0, 0.05) is 18.1 Å². The Bertz CT molecular complexity index is 258. The molecule has 0 aromatic heterocycles. The highest BCUT2D eigenvalue weighted by Gasteiger charge is 1.97. The average molecular weight is 184 g/mol. The second-order valence-corrected chi connectivity index (χ2v) is 3.24. The minimum Gasteiger partial charge on any atom is -0.384 e. The maximum atomic E-state index is 5.58. The highest BCUT2D eigenvalue weighted by atomic mass is 35.5. The Morgan fingerprint density at radius 1 is 1.33 bits per heavy atom. The van der Waals surface area contributed by atoms with Crippen molar-refractivity contribution >= 4 is 17.3 Å². The molecule has 0 saturated carbocycles. The lowest BCUT2D eigenvalue weighted by Crippen LogP contribution is -2.04. The number of nitrogens with one attached hydrogen (secondary N) is 1. The molecular formula is C10H14ClN. The first-order valence-electron chi connectivity index (χ1n) is 4.11. The average Bonchev–Trinajstić information content (AvgIpc) is 2.08. The molecule has 1 rings (SSSR count). The van der Waals surface area contributed by atoms with Crippen LogP contribution in [0.15, 0.2) is 18.2 Å². The zero-order valence-electron chi connectivity index (χ0n) is 7.52. The number of halogens is 1. The van der Waals surface area contributed by atoms with E-state index in [0.717, 1.165) is 6.54 Å². The standard InChI is InChI=1S/C10H14ClN/c1-8-4-3-5-10(9(8)2)12-7-6-11/h3-5,12H,6-7H2,1-2H3. The number of alkyl halides is 1. The Morgan fingerprint density at radius 2 is 2.08 bits per heavy atom. The lowest BCUT2D eigenvalue weighted by atomic mass is 10.1. The van der Waals surface area contributed by atoms with Crippen molar-refractivity contribution in [3.8, 4) is 0 Å². The molecule has 0 aliphatic carbocycles. The van der Waals surface area contributed by atoms with Crippen LogP contribution in [0.3, 0.4) is 0 Å². The summed E-state index contributed by atoms with van der Waals surface area (Å²) < 4.78 is 0. The number of anilines is 1. The van der Waals surface area contributed by atoms with Crippen molar-refractivity contribution in [1.29, 1.82) is 0 Å². The smallest absolute Gasteiger partial charge is 0.0396 e. The summed E-state index contributed by atoms with van der Waals surface area (Å²) in [6, 6.07) is 6.25. The van der Waals surface area contributed by atoms with Crippen LogP contribution in [0.5, 0.6) is 0 Å². The van der Waals surface area contributed by atoms with Crippen molar-refractivity contribution in [2.45, 2.75) is 13.8 Å². The van der Waals surface area contributed by atoms with E-state index in [1.807, 2.05) is 0 Å². The van der Waals surface area contributed by atoms with Crippen LogP contribution in [0.1, 0.15) is 11.1 Å². The van der Waals surface area contributed by atoms with Gasteiger partial charge >= 0.3 is 0 Å². The minimum absolute atomic E-state index is 0.646. The molecular weight excluding hydrogens is 170 g/mol. The largest absolute Gasteiger partial charge is 0.384 e. The molecule has 66 valence electrons. The normalized spacial score (nSPS) is 9.92. The van der Waals surface area contributed by atoms with Gasteiger partial charge in [0.2, 0.25) is 0 Å². The summed E-state index contributed by atoms with van der Waals surface area (Å²) in [5.74, 6) is 0.646. The van der Waals surface area contributed by atoms with E-state index in [-0.39, 0.29) is 0 Å². The lowest BCUT2D eigenvalue weighted by molar-refractivity contribution is 1.19. The third-order valence-electron chi connectivity index (χ3n) is 2.01. The molecule has 0 aliphatic rings. The van der Waals surface area contributed by atoms with E-state index >= 15 is 0 Å². The predicted molar refractivity (Wildman–Crippen MR) is 55.1 cm³/mol. The fraction of sp³-hybridized carbons (Fsp3) is 0.400. The fourth-order valence-electron chi connectivity index (χ4n) is 1.12. The van der Waals surface area contributed by atoms with Crippen LogP contribution in [0, 0.1) is 13.8 Å². The molecule has 2 heteroatoms. The first-order chi connectivity index (χ1) is 5.75. The lowest BCUT2D eigenvalue weighted by Gasteiger charge is -2.09. The van der Waals surface area contributed by atoms with Gasteiger partial charge in [-0.2, -0.15) is 0 Å². The molecule has 0 fully saturated rings. The van der Waals surface area contributed by atoms with Gasteiger partial charge in [-0.1, -0.05) is 12.1 Å². The van der Waals surface area contributed by atoms with Crippen LogP contribution in [-0.2, 0) is 0 Å². The number of aryl methyl sites for hydroxylation is 1. The molecule has 0 bridgehead atoms. The van der Waals surface area contributed by atoms with E-state index in [4.69, 9.17) is 11.6 Å². The molecule has 0 spiro atoms. The molecule has 0 saturated heterocycles. The van der Waals surface area contributed by atoms with Crippen molar-refractivity contribution < 1.29 is 0 Å². The van der Waals surface area contributed by atoms with Gasteiger partial charge in [-0.3, -0.25) is 0 Å². The summed E-state index contributed by atoms with van der Waals surface area (Å²) in [5.41, 5.74) is 3.81. The molecule has 12 heavy (non-hydrogen) atoms. The molecule has 0 unspecified atom stereocenters. The van der Waals surface area contributed by atoms with Crippen molar-refractivity contribution in [2.75, 3.05) is 17.7 Å². The zero-order valence-corrected chi connectivity index (χ0v) is 8.28. The second kappa shape index (κ2) is 4.36. The summed E-state index contributed by atoms with van der Waals surface area (Å²) in [4.78, 5) is 0. The van der Waals surface area contributed by atoms with Gasteiger partial charge in [0.15, 0.2) is 0 Å². The number of hydrogen-bond acceptors (Lipinski definition) is 1. The fourth-order valence-corrected chi connectivity index (χ4v) is 1.22. The van der Waals surface area contributed by atoms with E-state index in [1.54, 1.807) is 0 Å². The topological polar surface area (TPSA) is 12.0 Å². The Labute approximate surface area is 78.7 Å². The van der Waals surface area contributed by atoms with Crippen LogP contribution >= 0.6 is 11.6 Å². The molecule has 0 heterocycles. The van der Waals surface area contributed by atoms with Crippen LogP contribution in [0.25, 0.3) is 0 Å². The maximum Gasteiger partial charge on any atom is 0.0396 e. The Balaban J connectivity index is 2.78. The Kier molecular flexibility index (Phi) is 3.42. The van der Waals surface area contributed by atoms with E-state index in [2.05, 4.69) is 37.4 Å². The first-order valence-corrected chi connectivity index (χ1v) is 4.65. The maximum absolute atomic E-state index is 5.58. The molecule has 0 atom stereocenters. The molecule has 0 radical (unpaired) electrons. The molecule has 1 aromatic carbocycles. The zero-order chi connectivity index (χ0) is 8.97. The predicted octanol–water partition coefficient (Wildman–Crippen LogP) is 2.95. The highest BCUT2D eigenvalue weighted by molar-refractivity contribution is 6.18. The first kappa shape index (κ1) is 9.40. The number of hydrogen-bond donors (Lipinski definition) is 1.